The number of nitrogens with one attached hydrogen (secondary N) is 1. The number of carboxylic acids is 1. The van der Waals surface area contributed by atoms with Crippen molar-refractivity contribution in [3.8, 4) is 0 Å². The molecule has 17 heteroatoms. The number of anilines is 1. The molecule has 2 unspecified atom stereocenters. The van der Waals surface area contributed by atoms with Crippen molar-refractivity contribution in [3.63, 3.8) is 0 Å². The lowest BCUT2D eigenvalue weighted by molar-refractivity contribution is -0.150. The molecular weight excluding hydrogens is 477 g/mol. The number of phosphoric acid groups is 1. The summed E-state index contributed by atoms with van der Waals surface area (Å²) < 4.78 is 8.88. The molecule has 1 fully saturated rings. The van der Waals surface area contributed by atoms with Crippen molar-refractivity contribution >= 4 is 59.5 Å². The second-order valence-corrected chi connectivity index (χ2v) is 8.80. The van der Waals surface area contributed by atoms with Gasteiger partial charge in [0.05, 0.1) is 0 Å². The molecule has 0 saturated carbocycles. The number of aliphatic carboxylic acids is 1. The van der Waals surface area contributed by atoms with Crippen LogP contribution in [0.15, 0.2) is 34.5 Å². The van der Waals surface area contributed by atoms with Gasteiger partial charge in [-0.05, 0) is 5.57 Å². The Labute approximate surface area is 182 Å². The van der Waals surface area contributed by atoms with Gasteiger partial charge in [-0.25, -0.2) is 14.3 Å². The maximum absolute atomic E-state index is 12.4. The number of rotatable bonds is 5. The molecule has 14 nitrogen and oxygen atoms in total. The summed E-state index contributed by atoms with van der Waals surface area (Å²) in [6, 6.07) is -0.944. The normalized spacial score (nSPS) is 20.8. The third-order valence-corrected chi connectivity index (χ3v) is 5.79. The van der Waals surface area contributed by atoms with Gasteiger partial charge in [-0.3, -0.25) is 14.5 Å². The number of oxime groups is 1. The van der Waals surface area contributed by atoms with Crippen LogP contribution in [-0.4, -0.2) is 75.5 Å². The van der Waals surface area contributed by atoms with Gasteiger partial charge < -0.3 is 36.0 Å². The number of allylic oxidation sites excluding steroid dienone is 1. The molecule has 0 aliphatic carbocycles. The van der Waals surface area contributed by atoms with Crippen LogP contribution in [-0.2, 0) is 18.9 Å². The summed E-state index contributed by atoms with van der Waals surface area (Å²) in [5.74, 6) is -2.27. The van der Waals surface area contributed by atoms with Crippen molar-refractivity contribution < 1.29 is 43.9 Å². The molecule has 31 heavy (non-hydrogen) atoms. The summed E-state index contributed by atoms with van der Waals surface area (Å²) in [5.41, 5.74) is 5.49. The van der Waals surface area contributed by atoms with Gasteiger partial charge >= 0.3 is 13.8 Å². The number of carboxylic acid groups (broad SMARTS) is 1. The first-order valence-electron chi connectivity index (χ1n) is 7.95. The molecule has 1 aromatic rings. The summed E-state index contributed by atoms with van der Waals surface area (Å²) in [6.45, 7) is 3.56. The molecule has 3 heterocycles. The third kappa shape index (κ3) is 5.69. The number of hydrogen-bond donors (Lipinski definition) is 7. The average Bonchev–Trinajstić information content (AvgIpc) is 3.09. The van der Waals surface area contributed by atoms with Crippen molar-refractivity contribution in [1.82, 2.24) is 15.2 Å². The summed E-state index contributed by atoms with van der Waals surface area (Å²) in [6.07, 6.45) is 1.40. The number of hydrogen-bond acceptors (Lipinski definition) is 10. The lowest BCUT2D eigenvalue weighted by Gasteiger charge is -2.49. The number of carbonyl (C=O) groups excluding carboxylic acids is 2. The van der Waals surface area contributed by atoms with E-state index in [2.05, 4.69) is 22.0 Å². The summed E-state index contributed by atoms with van der Waals surface area (Å²) in [7, 11) is -4.64. The minimum atomic E-state index is -4.64. The van der Waals surface area contributed by atoms with Crippen molar-refractivity contribution in [3.05, 3.63) is 35.0 Å². The van der Waals surface area contributed by atoms with Gasteiger partial charge in [-0.2, -0.15) is 0 Å². The van der Waals surface area contributed by atoms with E-state index in [9.17, 15) is 19.5 Å². The van der Waals surface area contributed by atoms with Gasteiger partial charge in [-0.15, -0.1) is 23.1 Å². The van der Waals surface area contributed by atoms with E-state index in [0.29, 0.717) is 11.3 Å². The zero-order chi connectivity index (χ0) is 23.5. The van der Waals surface area contributed by atoms with E-state index in [1.165, 1.54) is 23.2 Å². The topological polar surface area (TPSA) is 236 Å². The highest BCUT2D eigenvalue weighted by Gasteiger charge is 2.54. The Morgan fingerprint density at radius 1 is 1.42 bits per heavy atom. The molecule has 0 spiro atoms. The van der Waals surface area contributed by atoms with Crippen LogP contribution in [0, 0.1) is 0 Å². The maximum atomic E-state index is 12.4. The van der Waals surface area contributed by atoms with Crippen LogP contribution in [0.3, 0.4) is 0 Å². The van der Waals surface area contributed by atoms with Crippen LogP contribution >= 0.6 is 30.9 Å². The van der Waals surface area contributed by atoms with Gasteiger partial charge in [0.25, 0.3) is 11.8 Å². The molecule has 8 N–H and O–H groups in total. The van der Waals surface area contributed by atoms with Gasteiger partial charge in [0, 0.05) is 11.1 Å². The molecule has 2 aliphatic rings. The van der Waals surface area contributed by atoms with Crippen LogP contribution in [0.4, 0.5) is 5.13 Å². The molecule has 2 aliphatic heterocycles. The number of nitrogen functional groups attached to an aromatic ring is 1. The molecule has 0 radical (unpaired) electrons. The van der Waals surface area contributed by atoms with E-state index in [1.54, 1.807) is 0 Å². The summed E-state index contributed by atoms with van der Waals surface area (Å²) >= 11 is 2.37. The minimum absolute atomic E-state index is 0.0764. The Morgan fingerprint density at radius 3 is 2.48 bits per heavy atom. The number of amides is 2. The zero-order valence-corrected chi connectivity index (χ0v) is 17.8. The minimum Gasteiger partial charge on any atom is -0.477 e. The Hall–Kier alpha value is -2.75. The number of nitrogens with zero attached hydrogens (tertiary/aromatic N) is 3. The van der Waals surface area contributed by atoms with E-state index in [4.69, 9.17) is 30.2 Å². The average molecular weight is 493 g/mol. The second kappa shape index (κ2) is 9.59. The Morgan fingerprint density at radius 2 is 2.03 bits per heavy atom. The van der Waals surface area contributed by atoms with E-state index in [-0.39, 0.29) is 22.2 Å². The lowest BCUT2D eigenvalue weighted by Crippen LogP contribution is -2.71. The fourth-order valence-electron chi connectivity index (χ4n) is 2.62. The first kappa shape index (κ1) is 24.5. The molecule has 3 rings (SSSR count). The Kier molecular flexibility index (Phi) is 7.58. The van der Waals surface area contributed by atoms with Crippen molar-refractivity contribution in [2.75, 3.05) is 11.5 Å². The van der Waals surface area contributed by atoms with E-state index in [0.717, 1.165) is 16.2 Å². The lowest BCUT2D eigenvalue weighted by atomic mass is 10.0. The SMILES string of the molecule is C=CC1=C(C(=O)O)N2C(=O)C(NC(=O)/C(=N\O)c3csc(N)n3)C2SC1.O=P(O)(O)O. The fourth-order valence-corrected chi connectivity index (χ4v) is 4.51. The van der Waals surface area contributed by atoms with Gasteiger partial charge in [-0.1, -0.05) is 17.8 Å². The van der Waals surface area contributed by atoms with Crippen LogP contribution < -0.4 is 11.1 Å². The number of aromatic nitrogens is 1. The number of fused-ring (bicyclic) bond motifs is 1. The number of carbonyl (C=O) groups is 3. The number of β-lactam (4-membered cyclic amide) rings is 1. The first-order valence-corrected chi connectivity index (χ1v) is 11.4. The molecule has 168 valence electrons. The molecular formula is C14H16N5O9PS2. The molecule has 0 bridgehead atoms. The van der Waals surface area contributed by atoms with Crippen molar-refractivity contribution in [1.29, 1.82) is 0 Å². The Balaban J connectivity index is 0.000000614. The largest absolute Gasteiger partial charge is 0.477 e. The number of thioether (sulfide) groups is 1. The highest BCUT2D eigenvalue weighted by Crippen LogP contribution is 2.40. The quantitative estimate of drug-likeness (QED) is 0.0851. The molecule has 2 atom stereocenters. The fraction of sp³-hybridized carbons (Fsp3) is 0.214. The standard InChI is InChI=1S/C14H13N5O5S2.H3O4P/c1-2-5-3-25-12-8(11(21)19(12)9(5)13(22)23)17-10(20)7(18-24)6-4-26-14(15)16-6;1-5(2,3)4/h2,4,8,12,24H,1,3H2,(H2,15,16)(H,17,20)(H,22,23);(H3,1,2,3,4)/b18-7-;. The Bertz CT molecular complexity index is 1020. The second-order valence-electron chi connectivity index (χ2n) is 5.78. The van der Waals surface area contributed by atoms with Crippen molar-refractivity contribution in [2.24, 2.45) is 5.16 Å². The zero-order valence-electron chi connectivity index (χ0n) is 15.3. The maximum Gasteiger partial charge on any atom is 0.466 e. The van der Waals surface area contributed by atoms with E-state index < -0.39 is 37.0 Å². The summed E-state index contributed by atoms with van der Waals surface area (Å²) in [4.78, 5) is 62.7. The predicted octanol–water partition coefficient (Wildman–Crippen LogP) is -1.10. The summed E-state index contributed by atoms with van der Waals surface area (Å²) in [5, 5.41) is 24.9. The van der Waals surface area contributed by atoms with Gasteiger partial charge in [0.15, 0.2) is 10.8 Å². The van der Waals surface area contributed by atoms with Crippen LogP contribution in [0.2, 0.25) is 0 Å². The van der Waals surface area contributed by atoms with Crippen LogP contribution in [0.25, 0.3) is 0 Å². The smallest absolute Gasteiger partial charge is 0.466 e. The van der Waals surface area contributed by atoms with E-state index in [1.807, 2.05) is 0 Å². The highest BCUT2D eigenvalue weighted by atomic mass is 32.2. The van der Waals surface area contributed by atoms with Crippen LogP contribution in [0.1, 0.15) is 5.69 Å². The number of nitrogens with two attached hydrogens (primary N) is 1. The monoisotopic (exact) mass is 493 g/mol. The predicted molar refractivity (Wildman–Crippen MR) is 109 cm³/mol. The number of thiazole rings is 1. The van der Waals surface area contributed by atoms with Gasteiger partial charge in [0.2, 0.25) is 0 Å². The third-order valence-electron chi connectivity index (χ3n) is 3.81. The molecule has 1 saturated heterocycles. The van der Waals surface area contributed by atoms with Crippen LogP contribution in [0.5, 0.6) is 0 Å². The molecule has 1 aromatic heterocycles. The molecule has 2 amide bonds. The van der Waals surface area contributed by atoms with E-state index >= 15 is 0 Å². The first-order chi connectivity index (χ1) is 14.4. The van der Waals surface area contributed by atoms with Gasteiger partial charge in [0.1, 0.15) is 22.8 Å². The molecule has 0 aromatic carbocycles. The van der Waals surface area contributed by atoms with Crippen molar-refractivity contribution in [2.45, 2.75) is 11.4 Å². The highest BCUT2D eigenvalue weighted by molar-refractivity contribution is 8.00.